The summed E-state index contributed by atoms with van der Waals surface area (Å²) in [6, 6.07) is 12.4. The van der Waals surface area contributed by atoms with Crippen LogP contribution in [0, 0.1) is 0 Å². The Morgan fingerprint density at radius 2 is 1.90 bits per heavy atom. The second-order valence-electron chi connectivity index (χ2n) is 8.67. The smallest absolute Gasteiger partial charge is 0.225 e. The van der Waals surface area contributed by atoms with E-state index in [4.69, 9.17) is 32.7 Å². The van der Waals surface area contributed by atoms with Gasteiger partial charge in [-0.1, -0.05) is 23.7 Å². The highest BCUT2D eigenvalue weighted by Crippen LogP contribution is 2.51. The van der Waals surface area contributed by atoms with Gasteiger partial charge in [-0.2, -0.15) is 4.98 Å². The molecule has 4 aromatic rings. The molecule has 0 bridgehead atoms. The standard InChI is InChI=1S/C23H20Cl2N4O2/c1-23(2)30-18-15(12-5-6-16-13(10-12)4-3-8-26-16)11-17(19(18)31-23)29-9-7-14-20(24)27-22(25)28-21(14)29/h3-10,15,17-19H,11H2,1-2H3/t15-,17-,18-,19+/m1/s1. The Kier molecular flexibility index (Phi) is 4.31. The molecule has 0 radical (unpaired) electrons. The molecular formula is C23H20Cl2N4O2. The minimum absolute atomic E-state index is 0.0286. The predicted molar refractivity (Wildman–Crippen MR) is 120 cm³/mol. The van der Waals surface area contributed by atoms with E-state index in [1.807, 2.05) is 38.4 Å². The first-order valence-electron chi connectivity index (χ1n) is 10.3. The molecule has 8 heteroatoms. The number of halogens is 2. The topological polar surface area (TPSA) is 62.1 Å². The minimum atomic E-state index is -0.655. The molecular weight excluding hydrogens is 435 g/mol. The molecule has 0 unspecified atom stereocenters. The molecule has 1 saturated carbocycles. The zero-order valence-electron chi connectivity index (χ0n) is 17.0. The van der Waals surface area contributed by atoms with Crippen LogP contribution in [0.15, 0.2) is 48.8 Å². The van der Waals surface area contributed by atoms with Gasteiger partial charge in [0.05, 0.1) is 23.0 Å². The van der Waals surface area contributed by atoms with Crippen LogP contribution in [0.25, 0.3) is 21.9 Å². The summed E-state index contributed by atoms with van der Waals surface area (Å²) < 4.78 is 14.9. The summed E-state index contributed by atoms with van der Waals surface area (Å²) in [5, 5.41) is 2.39. The molecule has 0 amide bonds. The summed E-state index contributed by atoms with van der Waals surface area (Å²) in [5.41, 5.74) is 2.92. The van der Waals surface area contributed by atoms with E-state index < -0.39 is 5.79 Å². The first kappa shape index (κ1) is 19.4. The monoisotopic (exact) mass is 454 g/mol. The maximum absolute atomic E-state index is 6.40. The number of pyridine rings is 1. The summed E-state index contributed by atoms with van der Waals surface area (Å²) in [6.45, 7) is 3.93. The largest absolute Gasteiger partial charge is 0.344 e. The van der Waals surface area contributed by atoms with E-state index in [2.05, 4.69) is 43.8 Å². The van der Waals surface area contributed by atoms with Crippen LogP contribution in [-0.4, -0.2) is 37.5 Å². The van der Waals surface area contributed by atoms with Crippen molar-refractivity contribution < 1.29 is 9.47 Å². The minimum Gasteiger partial charge on any atom is -0.344 e. The lowest BCUT2D eigenvalue weighted by molar-refractivity contribution is -0.157. The molecule has 0 N–H and O–H groups in total. The predicted octanol–water partition coefficient (Wildman–Crippen LogP) is 5.54. The van der Waals surface area contributed by atoms with Crippen molar-refractivity contribution in [3.05, 3.63) is 64.8 Å². The van der Waals surface area contributed by atoms with E-state index in [9.17, 15) is 0 Å². The summed E-state index contributed by atoms with van der Waals surface area (Å²) in [5.74, 6) is -0.482. The Morgan fingerprint density at radius 1 is 1.06 bits per heavy atom. The van der Waals surface area contributed by atoms with Gasteiger partial charge in [0.15, 0.2) is 5.79 Å². The molecule has 3 aromatic heterocycles. The molecule has 2 fully saturated rings. The van der Waals surface area contributed by atoms with Crippen LogP contribution in [0.4, 0.5) is 0 Å². The molecule has 1 aliphatic carbocycles. The molecule has 6 rings (SSSR count). The van der Waals surface area contributed by atoms with Gasteiger partial charge in [-0.05, 0) is 61.7 Å². The molecule has 2 aliphatic rings. The Labute approximate surface area is 189 Å². The molecule has 6 nitrogen and oxygen atoms in total. The number of ether oxygens (including phenoxy) is 2. The highest BCUT2D eigenvalue weighted by molar-refractivity contribution is 6.35. The summed E-state index contributed by atoms with van der Waals surface area (Å²) in [7, 11) is 0. The van der Waals surface area contributed by atoms with Gasteiger partial charge >= 0.3 is 0 Å². The van der Waals surface area contributed by atoms with Crippen molar-refractivity contribution in [1.82, 2.24) is 19.5 Å². The number of aromatic nitrogens is 4. The van der Waals surface area contributed by atoms with Gasteiger partial charge in [-0.3, -0.25) is 4.98 Å². The van der Waals surface area contributed by atoms with E-state index in [0.29, 0.717) is 10.8 Å². The second-order valence-corrected chi connectivity index (χ2v) is 9.37. The van der Waals surface area contributed by atoms with Crippen LogP contribution < -0.4 is 0 Å². The number of benzene rings is 1. The Morgan fingerprint density at radius 3 is 2.77 bits per heavy atom. The van der Waals surface area contributed by atoms with Gasteiger partial charge in [0.2, 0.25) is 5.28 Å². The number of hydrogen-bond donors (Lipinski definition) is 0. The molecule has 1 aliphatic heterocycles. The van der Waals surface area contributed by atoms with Crippen molar-refractivity contribution in [3.63, 3.8) is 0 Å². The van der Waals surface area contributed by atoms with Crippen LogP contribution in [-0.2, 0) is 9.47 Å². The summed E-state index contributed by atoms with van der Waals surface area (Å²) in [6.07, 6.45) is 4.47. The quantitative estimate of drug-likeness (QED) is 0.294. The van der Waals surface area contributed by atoms with Crippen LogP contribution in [0.5, 0.6) is 0 Å². The molecule has 1 saturated heterocycles. The van der Waals surface area contributed by atoms with E-state index in [0.717, 1.165) is 22.7 Å². The second kappa shape index (κ2) is 6.87. The highest BCUT2D eigenvalue weighted by atomic mass is 35.5. The van der Waals surface area contributed by atoms with Crippen molar-refractivity contribution in [2.24, 2.45) is 0 Å². The first-order chi connectivity index (χ1) is 14.9. The fourth-order valence-corrected chi connectivity index (χ4v) is 5.55. The average molecular weight is 455 g/mol. The Hall–Kier alpha value is -2.25. The van der Waals surface area contributed by atoms with Gasteiger partial charge in [-0.25, -0.2) is 4.98 Å². The SMILES string of the molecule is CC1(C)O[C@@H]2[C@H](O1)[C@@H](c1ccc3ncccc3c1)C[C@H]2n1ccc2c(Cl)nc(Cl)nc21. The van der Waals surface area contributed by atoms with Crippen molar-refractivity contribution in [2.75, 3.05) is 0 Å². The number of hydrogen-bond acceptors (Lipinski definition) is 5. The van der Waals surface area contributed by atoms with Crippen LogP contribution in [0.3, 0.4) is 0 Å². The third-order valence-electron chi connectivity index (χ3n) is 6.35. The molecule has 4 atom stereocenters. The fraction of sp³-hybridized carbons (Fsp3) is 0.348. The maximum Gasteiger partial charge on any atom is 0.225 e. The Bertz CT molecular complexity index is 1320. The number of fused-ring (bicyclic) bond motifs is 3. The summed E-state index contributed by atoms with van der Waals surface area (Å²) in [4.78, 5) is 13.0. The van der Waals surface area contributed by atoms with E-state index >= 15 is 0 Å². The fourth-order valence-electron chi connectivity index (χ4n) is 5.12. The lowest BCUT2D eigenvalue weighted by Gasteiger charge is -2.24. The van der Waals surface area contributed by atoms with Gasteiger partial charge in [0.25, 0.3) is 0 Å². The first-order valence-corrected chi connectivity index (χ1v) is 11.1. The average Bonchev–Trinajstić information content (AvgIpc) is 3.38. The molecule has 158 valence electrons. The lowest BCUT2D eigenvalue weighted by Crippen LogP contribution is -2.27. The normalized spacial score (nSPS) is 27.2. The molecule has 31 heavy (non-hydrogen) atoms. The zero-order valence-corrected chi connectivity index (χ0v) is 18.5. The third kappa shape index (κ3) is 3.12. The van der Waals surface area contributed by atoms with Crippen molar-refractivity contribution in [2.45, 2.75) is 50.2 Å². The van der Waals surface area contributed by atoms with Gasteiger partial charge in [-0.15, -0.1) is 0 Å². The van der Waals surface area contributed by atoms with Gasteiger partial charge < -0.3 is 14.0 Å². The maximum atomic E-state index is 6.40. The number of nitrogens with zero attached hydrogens (tertiary/aromatic N) is 4. The van der Waals surface area contributed by atoms with Crippen molar-refractivity contribution >= 4 is 45.1 Å². The van der Waals surface area contributed by atoms with E-state index in [-0.39, 0.29) is 29.5 Å². The molecule has 4 heterocycles. The van der Waals surface area contributed by atoms with Crippen molar-refractivity contribution in [3.8, 4) is 0 Å². The lowest BCUT2D eigenvalue weighted by atomic mass is 9.94. The molecule has 1 aromatic carbocycles. The van der Waals surface area contributed by atoms with Crippen molar-refractivity contribution in [1.29, 1.82) is 0 Å². The number of rotatable bonds is 2. The van der Waals surface area contributed by atoms with Crippen LogP contribution >= 0.6 is 23.2 Å². The van der Waals surface area contributed by atoms with Gasteiger partial charge in [0.1, 0.15) is 16.9 Å². The van der Waals surface area contributed by atoms with E-state index in [1.165, 1.54) is 5.56 Å². The highest BCUT2D eigenvalue weighted by Gasteiger charge is 2.55. The summed E-state index contributed by atoms with van der Waals surface area (Å²) >= 11 is 12.4. The van der Waals surface area contributed by atoms with Gasteiger partial charge in [0, 0.05) is 23.7 Å². The van der Waals surface area contributed by atoms with Crippen LogP contribution in [0.1, 0.15) is 37.8 Å². The van der Waals surface area contributed by atoms with Crippen LogP contribution in [0.2, 0.25) is 10.4 Å². The Balaban J connectivity index is 1.45. The third-order valence-corrected chi connectivity index (χ3v) is 6.80. The zero-order chi connectivity index (χ0) is 21.3. The molecule has 0 spiro atoms. The van der Waals surface area contributed by atoms with E-state index in [1.54, 1.807) is 0 Å².